The highest BCUT2D eigenvalue weighted by atomic mass is 32.1. The molecule has 0 atom stereocenters. The average Bonchev–Trinajstić information content (AvgIpc) is 3.35. The van der Waals surface area contributed by atoms with E-state index in [0.717, 1.165) is 28.7 Å². The van der Waals surface area contributed by atoms with E-state index < -0.39 is 22.1 Å². The molecule has 0 aliphatic rings. The van der Waals surface area contributed by atoms with Crippen LogP contribution in [0.5, 0.6) is 0 Å². The highest BCUT2D eigenvalue weighted by molar-refractivity contribution is 7.14. The number of nitro groups is 1. The number of nitrogens with two attached hydrogens (primary N) is 1. The van der Waals surface area contributed by atoms with Crippen LogP contribution in [0.2, 0.25) is 0 Å². The first-order valence-corrected chi connectivity index (χ1v) is 10.3. The number of nitrogen functional groups attached to an aromatic ring is 1. The molecule has 0 bridgehead atoms. The van der Waals surface area contributed by atoms with Crippen LogP contribution in [0.4, 0.5) is 17.2 Å². The number of carbonyl (C=O) groups is 1. The number of thiophene rings is 1. The first kappa shape index (κ1) is 22.0. The Morgan fingerprint density at radius 1 is 1.42 bits per heavy atom. The fraction of sp³-hybridized carbons (Fsp3) is 0.316. The van der Waals surface area contributed by atoms with E-state index in [0.29, 0.717) is 17.1 Å². The zero-order valence-electron chi connectivity index (χ0n) is 16.9. The zero-order valence-corrected chi connectivity index (χ0v) is 17.7. The standard InChI is InChI=1S/C19H21N5O6S/c1-3-4-7-22-16(20)15(17(25)21-19(22)27)23(10-12-6-5-8-30-12)18(26)14-9-13(24(28)29)11(2)31-14/h5-6,8-9H,3-4,7,10,20H2,1-2H3,(H,21,25,27). The van der Waals surface area contributed by atoms with Gasteiger partial charge < -0.3 is 10.2 Å². The summed E-state index contributed by atoms with van der Waals surface area (Å²) in [7, 11) is 0. The maximum absolute atomic E-state index is 13.4. The van der Waals surface area contributed by atoms with Crippen LogP contribution in [-0.2, 0) is 13.1 Å². The summed E-state index contributed by atoms with van der Waals surface area (Å²) >= 11 is 0.934. The van der Waals surface area contributed by atoms with E-state index in [1.165, 1.54) is 17.8 Å². The number of furan rings is 1. The lowest BCUT2D eigenvalue weighted by Gasteiger charge is -2.23. The molecule has 11 nitrogen and oxygen atoms in total. The highest BCUT2D eigenvalue weighted by Crippen LogP contribution is 2.31. The predicted octanol–water partition coefficient (Wildman–Crippen LogP) is 2.64. The van der Waals surface area contributed by atoms with Gasteiger partial charge >= 0.3 is 5.69 Å². The molecule has 12 heteroatoms. The molecule has 0 spiro atoms. The van der Waals surface area contributed by atoms with Gasteiger partial charge in [0.05, 0.1) is 27.5 Å². The number of carbonyl (C=O) groups excluding carboxylic acids is 1. The smallest absolute Gasteiger partial charge is 0.330 e. The molecule has 0 fully saturated rings. The van der Waals surface area contributed by atoms with Crippen molar-refractivity contribution in [2.75, 3.05) is 10.6 Å². The molecule has 0 aromatic carbocycles. The van der Waals surface area contributed by atoms with Crippen LogP contribution >= 0.6 is 11.3 Å². The van der Waals surface area contributed by atoms with E-state index in [4.69, 9.17) is 10.2 Å². The number of nitrogens with one attached hydrogen (secondary N) is 1. The van der Waals surface area contributed by atoms with E-state index in [1.807, 2.05) is 6.92 Å². The van der Waals surface area contributed by atoms with Crippen molar-refractivity contribution in [1.82, 2.24) is 9.55 Å². The quantitative estimate of drug-likeness (QED) is 0.397. The van der Waals surface area contributed by atoms with Crippen molar-refractivity contribution >= 4 is 34.4 Å². The van der Waals surface area contributed by atoms with Gasteiger partial charge in [0.1, 0.15) is 11.6 Å². The van der Waals surface area contributed by atoms with Gasteiger partial charge in [-0.15, -0.1) is 11.3 Å². The van der Waals surface area contributed by atoms with Crippen LogP contribution in [0.1, 0.15) is 40.1 Å². The molecule has 0 aliphatic carbocycles. The number of hydrogen-bond acceptors (Lipinski definition) is 8. The first-order chi connectivity index (χ1) is 14.7. The number of nitrogens with zero attached hydrogens (tertiary/aromatic N) is 3. The molecule has 0 saturated carbocycles. The second-order valence-corrected chi connectivity index (χ2v) is 8.03. The summed E-state index contributed by atoms with van der Waals surface area (Å²) in [5, 5.41) is 11.2. The Morgan fingerprint density at radius 3 is 2.74 bits per heavy atom. The van der Waals surface area contributed by atoms with Crippen molar-refractivity contribution in [2.45, 2.75) is 39.8 Å². The number of rotatable bonds is 8. The Balaban J connectivity index is 2.15. The van der Waals surface area contributed by atoms with Gasteiger partial charge in [-0.05, 0) is 25.5 Å². The third-order valence-electron chi connectivity index (χ3n) is 4.66. The number of unbranched alkanes of at least 4 members (excludes halogenated alkanes) is 1. The molecule has 3 heterocycles. The Kier molecular flexibility index (Phi) is 6.39. The van der Waals surface area contributed by atoms with Crippen molar-refractivity contribution in [1.29, 1.82) is 0 Å². The van der Waals surface area contributed by atoms with Gasteiger partial charge in [0, 0.05) is 12.6 Å². The SMILES string of the molecule is CCCCn1c(N)c(N(Cc2ccco2)C(=O)c2cc([N+](=O)[O-])c(C)s2)c(=O)[nH]c1=O. The molecule has 0 radical (unpaired) electrons. The summed E-state index contributed by atoms with van der Waals surface area (Å²) in [4.78, 5) is 52.6. The molecule has 0 unspecified atom stereocenters. The van der Waals surface area contributed by atoms with E-state index >= 15 is 0 Å². The predicted molar refractivity (Wildman–Crippen MR) is 116 cm³/mol. The Hall–Kier alpha value is -3.67. The summed E-state index contributed by atoms with van der Waals surface area (Å²) in [5.41, 5.74) is 4.25. The topological polar surface area (TPSA) is 157 Å². The molecule has 1 amide bonds. The fourth-order valence-electron chi connectivity index (χ4n) is 3.08. The number of aryl methyl sites for hydroxylation is 1. The molecule has 31 heavy (non-hydrogen) atoms. The van der Waals surface area contributed by atoms with Crippen molar-refractivity contribution in [3.8, 4) is 0 Å². The molecular formula is C19H21N5O6S. The number of aromatic amines is 1. The molecule has 164 valence electrons. The molecule has 3 aromatic rings. The zero-order chi connectivity index (χ0) is 22.7. The third-order valence-corrected chi connectivity index (χ3v) is 5.69. The van der Waals surface area contributed by atoms with Crippen LogP contribution < -0.4 is 21.9 Å². The Labute approximate surface area is 179 Å². The number of amides is 1. The maximum Gasteiger partial charge on any atom is 0.330 e. The number of hydrogen-bond donors (Lipinski definition) is 2. The molecule has 0 aliphatic heterocycles. The first-order valence-electron chi connectivity index (χ1n) is 9.46. The summed E-state index contributed by atoms with van der Waals surface area (Å²) in [5.74, 6) is -0.471. The van der Waals surface area contributed by atoms with Crippen molar-refractivity contribution < 1.29 is 14.1 Å². The van der Waals surface area contributed by atoms with E-state index in [9.17, 15) is 24.5 Å². The average molecular weight is 447 g/mol. The minimum Gasteiger partial charge on any atom is -0.467 e. The molecule has 3 N–H and O–H groups in total. The van der Waals surface area contributed by atoms with Crippen molar-refractivity contribution in [3.05, 3.63) is 70.9 Å². The third kappa shape index (κ3) is 4.43. The van der Waals surface area contributed by atoms with Crippen LogP contribution in [-0.4, -0.2) is 20.4 Å². The second kappa shape index (κ2) is 9.00. The van der Waals surface area contributed by atoms with Gasteiger partial charge in [-0.1, -0.05) is 13.3 Å². The Morgan fingerprint density at radius 2 is 2.16 bits per heavy atom. The minimum absolute atomic E-state index is 0.0564. The van der Waals surface area contributed by atoms with Gasteiger partial charge in [-0.2, -0.15) is 0 Å². The number of aromatic nitrogens is 2. The van der Waals surface area contributed by atoms with Crippen LogP contribution in [0.15, 0.2) is 38.5 Å². The van der Waals surface area contributed by atoms with Gasteiger partial charge in [-0.25, -0.2) is 4.79 Å². The van der Waals surface area contributed by atoms with E-state index in [-0.39, 0.29) is 35.2 Å². The number of H-pyrrole nitrogens is 1. The summed E-state index contributed by atoms with van der Waals surface area (Å²) in [6.45, 7) is 3.57. The number of anilines is 2. The summed E-state index contributed by atoms with van der Waals surface area (Å²) < 4.78 is 6.52. The second-order valence-electron chi connectivity index (χ2n) is 6.78. The highest BCUT2D eigenvalue weighted by Gasteiger charge is 2.29. The van der Waals surface area contributed by atoms with Gasteiger partial charge in [0.2, 0.25) is 0 Å². The minimum atomic E-state index is -0.835. The summed E-state index contributed by atoms with van der Waals surface area (Å²) in [6.07, 6.45) is 2.83. The van der Waals surface area contributed by atoms with Crippen LogP contribution in [0, 0.1) is 17.0 Å². The fourth-order valence-corrected chi connectivity index (χ4v) is 4.02. The Bertz CT molecular complexity index is 1220. The van der Waals surface area contributed by atoms with E-state index in [1.54, 1.807) is 12.1 Å². The van der Waals surface area contributed by atoms with Gasteiger partial charge in [0.15, 0.2) is 5.69 Å². The van der Waals surface area contributed by atoms with Crippen molar-refractivity contribution in [3.63, 3.8) is 0 Å². The molecular weight excluding hydrogens is 426 g/mol. The lowest BCUT2D eigenvalue weighted by atomic mass is 10.2. The molecule has 3 rings (SSSR count). The van der Waals surface area contributed by atoms with Gasteiger partial charge in [-0.3, -0.25) is 34.2 Å². The molecule has 3 aromatic heterocycles. The lowest BCUT2D eigenvalue weighted by molar-refractivity contribution is -0.385. The van der Waals surface area contributed by atoms with Crippen molar-refractivity contribution in [2.24, 2.45) is 0 Å². The van der Waals surface area contributed by atoms with Crippen LogP contribution in [0.25, 0.3) is 0 Å². The van der Waals surface area contributed by atoms with E-state index in [2.05, 4.69) is 4.98 Å². The monoisotopic (exact) mass is 447 g/mol. The largest absolute Gasteiger partial charge is 0.467 e. The molecule has 0 saturated heterocycles. The maximum atomic E-state index is 13.4. The summed E-state index contributed by atoms with van der Waals surface area (Å²) in [6, 6.07) is 4.39. The van der Waals surface area contributed by atoms with Gasteiger partial charge in [0.25, 0.3) is 17.2 Å². The lowest BCUT2D eigenvalue weighted by Crippen LogP contribution is -2.40. The normalized spacial score (nSPS) is 10.9. The van der Waals surface area contributed by atoms with Crippen LogP contribution in [0.3, 0.4) is 0 Å².